The number of carbonyl (C=O) groups excluding carboxylic acids is 3. The standard InChI is InChI=1S/C27H30N2O6S/c1-5-19(35-20-14-10-9-13-18(20)15-17-11-7-6-8-12-17)22(31)28-27(16(2)30)24(34)29-21(23(32)33)26(3,4)36-25(27)29/h6-14,19,21,25H,5,15H2,1-4H3,(H,28,31)(H,32,33)/t19?,21-,25+,27-/m0/s1. The molecule has 190 valence electrons. The smallest absolute Gasteiger partial charge is 0.327 e. The molecule has 2 fully saturated rings. The minimum atomic E-state index is -1.82. The molecule has 4 atom stereocenters. The number of carboxylic acids is 1. The van der Waals surface area contributed by atoms with Gasteiger partial charge in [0.1, 0.15) is 17.2 Å². The Kier molecular flexibility index (Phi) is 6.88. The largest absolute Gasteiger partial charge is 0.480 e. The van der Waals surface area contributed by atoms with Crippen LogP contribution in [0.5, 0.6) is 5.75 Å². The number of carboxylic acid groups (broad SMARTS) is 1. The molecule has 36 heavy (non-hydrogen) atoms. The molecule has 0 bridgehead atoms. The number of thioether (sulfide) groups is 1. The van der Waals surface area contributed by atoms with E-state index in [1.54, 1.807) is 26.8 Å². The van der Waals surface area contributed by atoms with Gasteiger partial charge in [-0.05, 0) is 44.4 Å². The van der Waals surface area contributed by atoms with Gasteiger partial charge in [0, 0.05) is 11.2 Å². The summed E-state index contributed by atoms with van der Waals surface area (Å²) >= 11 is 1.21. The van der Waals surface area contributed by atoms with Crippen molar-refractivity contribution in [3.05, 3.63) is 65.7 Å². The quantitative estimate of drug-likeness (QED) is 0.394. The number of nitrogens with one attached hydrogen (secondary N) is 1. The number of rotatable bonds is 9. The monoisotopic (exact) mass is 510 g/mol. The predicted molar refractivity (Wildman–Crippen MR) is 136 cm³/mol. The first-order valence-corrected chi connectivity index (χ1v) is 12.8. The first-order chi connectivity index (χ1) is 17.0. The SMILES string of the molecule is CCC(Oc1ccccc1Cc1ccccc1)C(=O)N[C@@]1(C(C)=O)C(=O)N2[C@@H](C(=O)O)C(C)(C)S[C@@H]21. The van der Waals surface area contributed by atoms with Gasteiger partial charge in [-0.25, -0.2) is 4.79 Å². The molecule has 0 aromatic heterocycles. The summed E-state index contributed by atoms with van der Waals surface area (Å²) in [5.74, 6) is -2.41. The van der Waals surface area contributed by atoms with Crippen LogP contribution in [0.25, 0.3) is 0 Å². The van der Waals surface area contributed by atoms with Gasteiger partial charge >= 0.3 is 5.97 Å². The molecule has 0 radical (unpaired) electrons. The maximum Gasteiger partial charge on any atom is 0.327 e. The summed E-state index contributed by atoms with van der Waals surface area (Å²) in [4.78, 5) is 52.5. The number of nitrogens with zero attached hydrogens (tertiary/aromatic N) is 1. The Morgan fingerprint density at radius 3 is 2.36 bits per heavy atom. The summed E-state index contributed by atoms with van der Waals surface area (Å²) in [6.45, 7) is 6.47. The fourth-order valence-electron chi connectivity index (χ4n) is 4.92. The van der Waals surface area contributed by atoms with E-state index < -0.39 is 51.4 Å². The minimum Gasteiger partial charge on any atom is -0.480 e. The third kappa shape index (κ3) is 4.25. The van der Waals surface area contributed by atoms with E-state index in [0.717, 1.165) is 11.1 Å². The Bertz CT molecular complexity index is 1200. The third-order valence-electron chi connectivity index (χ3n) is 6.80. The van der Waals surface area contributed by atoms with Gasteiger partial charge in [-0.15, -0.1) is 11.8 Å². The Balaban J connectivity index is 1.56. The van der Waals surface area contributed by atoms with E-state index >= 15 is 0 Å². The highest BCUT2D eigenvalue weighted by Gasteiger charge is 2.74. The number of hydrogen-bond donors (Lipinski definition) is 2. The van der Waals surface area contributed by atoms with E-state index in [1.807, 2.05) is 48.5 Å². The molecule has 8 nitrogen and oxygen atoms in total. The van der Waals surface area contributed by atoms with E-state index in [-0.39, 0.29) is 0 Å². The van der Waals surface area contributed by atoms with Crippen molar-refractivity contribution in [3.63, 3.8) is 0 Å². The predicted octanol–water partition coefficient (Wildman–Crippen LogP) is 3.03. The molecule has 1 unspecified atom stereocenters. The van der Waals surface area contributed by atoms with Gasteiger partial charge in [0.05, 0.1) is 0 Å². The molecular formula is C27H30N2O6S. The zero-order chi connectivity index (χ0) is 26.3. The van der Waals surface area contributed by atoms with Crippen molar-refractivity contribution in [2.45, 2.75) is 68.3 Å². The maximum atomic E-state index is 13.4. The van der Waals surface area contributed by atoms with Crippen molar-refractivity contribution >= 4 is 35.3 Å². The highest BCUT2D eigenvalue weighted by molar-refractivity contribution is 8.01. The Labute approximate surface area is 214 Å². The number of amides is 2. The van der Waals surface area contributed by atoms with Crippen LogP contribution in [0.4, 0.5) is 0 Å². The molecular weight excluding hydrogens is 480 g/mol. The fourth-order valence-corrected chi connectivity index (χ4v) is 6.67. The Morgan fingerprint density at radius 2 is 1.75 bits per heavy atom. The summed E-state index contributed by atoms with van der Waals surface area (Å²) in [5, 5.41) is 11.6. The number of ether oxygens (including phenoxy) is 1. The van der Waals surface area contributed by atoms with E-state index in [4.69, 9.17) is 4.74 Å². The Hall–Kier alpha value is -3.33. The van der Waals surface area contributed by atoms with Gasteiger partial charge in [0.25, 0.3) is 11.8 Å². The number of aliphatic carboxylic acids is 1. The van der Waals surface area contributed by atoms with E-state index in [1.165, 1.54) is 23.6 Å². The number of β-lactam (4-membered cyclic amide) rings is 1. The molecule has 4 rings (SSSR count). The van der Waals surface area contributed by atoms with Crippen LogP contribution in [0.3, 0.4) is 0 Å². The van der Waals surface area contributed by atoms with Crippen LogP contribution in [0.1, 0.15) is 45.2 Å². The molecule has 2 amide bonds. The van der Waals surface area contributed by atoms with Gasteiger partial charge in [0.2, 0.25) is 5.54 Å². The van der Waals surface area contributed by atoms with Gasteiger partial charge in [-0.1, -0.05) is 55.5 Å². The number of carbonyl (C=O) groups is 4. The maximum absolute atomic E-state index is 13.4. The van der Waals surface area contributed by atoms with E-state index in [2.05, 4.69) is 5.32 Å². The lowest BCUT2D eigenvalue weighted by Crippen LogP contribution is -2.82. The highest BCUT2D eigenvalue weighted by atomic mass is 32.2. The molecule has 9 heteroatoms. The van der Waals surface area contributed by atoms with E-state index in [0.29, 0.717) is 18.6 Å². The second kappa shape index (κ2) is 9.61. The molecule has 2 aliphatic rings. The molecule has 2 saturated heterocycles. The lowest BCUT2D eigenvalue weighted by atomic mass is 9.81. The van der Waals surface area contributed by atoms with Crippen LogP contribution in [-0.4, -0.2) is 61.4 Å². The molecule has 2 aromatic carbocycles. The lowest BCUT2D eigenvalue weighted by Gasteiger charge is -2.51. The van der Waals surface area contributed by atoms with Crippen molar-refractivity contribution in [2.75, 3.05) is 0 Å². The van der Waals surface area contributed by atoms with Crippen LogP contribution in [0, 0.1) is 0 Å². The Morgan fingerprint density at radius 1 is 1.11 bits per heavy atom. The van der Waals surface area contributed by atoms with Crippen molar-refractivity contribution < 1.29 is 29.0 Å². The number of fused-ring (bicyclic) bond motifs is 1. The molecule has 2 aliphatic heterocycles. The molecule has 0 aliphatic carbocycles. The molecule has 2 heterocycles. The first-order valence-electron chi connectivity index (χ1n) is 11.9. The molecule has 0 spiro atoms. The average molecular weight is 511 g/mol. The van der Waals surface area contributed by atoms with Crippen molar-refractivity contribution in [1.29, 1.82) is 0 Å². The summed E-state index contributed by atoms with van der Waals surface area (Å²) in [6.07, 6.45) is -0.0300. The van der Waals surface area contributed by atoms with Crippen molar-refractivity contribution in [2.24, 2.45) is 0 Å². The number of benzene rings is 2. The second-order valence-electron chi connectivity index (χ2n) is 9.67. The van der Waals surface area contributed by atoms with Crippen LogP contribution in [0.15, 0.2) is 54.6 Å². The van der Waals surface area contributed by atoms with Crippen molar-refractivity contribution in [3.8, 4) is 5.75 Å². The summed E-state index contributed by atoms with van der Waals surface area (Å²) in [5.41, 5.74) is 0.180. The number of hydrogen-bond acceptors (Lipinski definition) is 6. The normalized spacial score (nSPS) is 24.9. The van der Waals surface area contributed by atoms with Crippen LogP contribution >= 0.6 is 11.8 Å². The lowest BCUT2D eigenvalue weighted by molar-refractivity contribution is -0.172. The topological polar surface area (TPSA) is 113 Å². The second-order valence-corrected chi connectivity index (χ2v) is 11.4. The molecule has 2 N–H and O–H groups in total. The summed E-state index contributed by atoms with van der Waals surface area (Å²) in [7, 11) is 0. The highest BCUT2D eigenvalue weighted by Crippen LogP contribution is 2.55. The summed E-state index contributed by atoms with van der Waals surface area (Å²) < 4.78 is 5.29. The summed E-state index contributed by atoms with van der Waals surface area (Å²) in [6, 6.07) is 16.2. The van der Waals surface area contributed by atoms with Gasteiger partial charge in [0.15, 0.2) is 11.9 Å². The number of ketones is 1. The zero-order valence-electron chi connectivity index (χ0n) is 20.7. The minimum absolute atomic E-state index is 0.304. The zero-order valence-corrected chi connectivity index (χ0v) is 21.5. The number of Topliss-reactive ketones (excluding diaryl/α,β-unsaturated/α-hetero) is 1. The van der Waals surface area contributed by atoms with Gasteiger partial charge in [-0.2, -0.15) is 0 Å². The molecule has 2 aromatic rings. The average Bonchev–Trinajstić information content (AvgIpc) is 3.10. The molecule has 0 saturated carbocycles. The van der Waals surface area contributed by atoms with Gasteiger partial charge < -0.3 is 20.1 Å². The van der Waals surface area contributed by atoms with Crippen LogP contribution < -0.4 is 10.1 Å². The fraction of sp³-hybridized carbons (Fsp3) is 0.407. The van der Waals surface area contributed by atoms with Crippen molar-refractivity contribution in [1.82, 2.24) is 10.2 Å². The van der Waals surface area contributed by atoms with E-state index in [9.17, 15) is 24.3 Å². The van der Waals surface area contributed by atoms with Gasteiger partial charge in [-0.3, -0.25) is 14.4 Å². The van der Waals surface area contributed by atoms with Crippen LogP contribution in [0.2, 0.25) is 0 Å². The third-order valence-corrected chi connectivity index (χ3v) is 8.43. The van der Waals surface area contributed by atoms with Crippen LogP contribution in [-0.2, 0) is 25.6 Å². The number of para-hydroxylation sites is 1. The first kappa shape index (κ1) is 25.8.